The van der Waals surface area contributed by atoms with Gasteiger partial charge >= 0.3 is 0 Å². The Balaban J connectivity index is 1.72. The SMILES string of the molecule is Cc1cc2nc(N(CCN(C)C)C(=O)c3ccccc3NS(=O)(=O)c3ccc(Cl)cc3)sc2cc1C. The van der Waals surface area contributed by atoms with Crippen LogP contribution in [-0.4, -0.2) is 51.4 Å². The maximum Gasteiger partial charge on any atom is 0.262 e. The van der Waals surface area contributed by atoms with Gasteiger partial charge in [0.1, 0.15) is 0 Å². The van der Waals surface area contributed by atoms with Gasteiger partial charge in [0, 0.05) is 18.1 Å². The molecule has 0 aliphatic rings. The molecule has 0 aliphatic carbocycles. The average molecular weight is 543 g/mol. The minimum Gasteiger partial charge on any atom is -0.308 e. The first-order valence-electron chi connectivity index (χ1n) is 11.3. The van der Waals surface area contributed by atoms with E-state index in [-0.39, 0.29) is 22.1 Å². The fourth-order valence-corrected chi connectivity index (χ4v) is 5.86. The van der Waals surface area contributed by atoms with Crippen LogP contribution in [0.4, 0.5) is 10.8 Å². The van der Waals surface area contributed by atoms with E-state index in [9.17, 15) is 13.2 Å². The fraction of sp³-hybridized carbons (Fsp3) is 0.231. The van der Waals surface area contributed by atoms with E-state index in [4.69, 9.17) is 16.6 Å². The summed E-state index contributed by atoms with van der Waals surface area (Å²) in [5.41, 5.74) is 3.55. The molecule has 4 aromatic rings. The molecule has 0 fully saturated rings. The van der Waals surface area contributed by atoms with Crippen molar-refractivity contribution in [1.29, 1.82) is 0 Å². The summed E-state index contributed by atoms with van der Waals surface area (Å²) >= 11 is 7.35. The van der Waals surface area contributed by atoms with E-state index in [1.165, 1.54) is 35.6 Å². The molecule has 0 unspecified atom stereocenters. The molecule has 0 spiro atoms. The second-order valence-electron chi connectivity index (χ2n) is 8.77. The zero-order valence-electron chi connectivity index (χ0n) is 20.4. The number of rotatable bonds is 8. The minimum atomic E-state index is -3.93. The number of anilines is 2. The lowest BCUT2D eigenvalue weighted by molar-refractivity contribution is 0.0986. The summed E-state index contributed by atoms with van der Waals surface area (Å²) < 4.78 is 29.6. The Labute approximate surface area is 220 Å². The summed E-state index contributed by atoms with van der Waals surface area (Å²) in [5, 5.41) is 1.000. The summed E-state index contributed by atoms with van der Waals surface area (Å²) in [4.78, 5) is 22.3. The van der Waals surface area contributed by atoms with Crippen LogP contribution in [-0.2, 0) is 10.0 Å². The topological polar surface area (TPSA) is 82.6 Å². The van der Waals surface area contributed by atoms with Crippen LogP contribution in [0.1, 0.15) is 21.5 Å². The highest BCUT2D eigenvalue weighted by Crippen LogP contribution is 2.32. The van der Waals surface area contributed by atoms with Gasteiger partial charge in [-0.25, -0.2) is 13.4 Å². The van der Waals surface area contributed by atoms with Crippen molar-refractivity contribution in [2.45, 2.75) is 18.7 Å². The van der Waals surface area contributed by atoms with Gasteiger partial charge in [-0.1, -0.05) is 35.1 Å². The van der Waals surface area contributed by atoms with Crippen LogP contribution in [0.2, 0.25) is 5.02 Å². The molecule has 3 aromatic carbocycles. The van der Waals surface area contributed by atoms with Crippen molar-refractivity contribution in [3.05, 3.63) is 82.4 Å². The first-order chi connectivity index (χ1) is 17.0. The van der Waals surface area contributed by atoms with Crippen LogP contribution in [0.5, 0.6) is 0 Å². The van der Waals surface area contributed by atoms with E-state index in [1.807, 2.05) is 38.9 Å². The van der Waals surface area contributed by atoms with Crippen molar-refractivity contribution in [3.63, 3.8) is 0 Å². The number of likely N-dealkylation sites (N-methyl/N-ethyl adjacent to an activating group) is 1. The number of amides is 1. The van der Waals surface area contributed by atoms with Crippen LogP contribution in [0.15, 0.2) is 65.6 Å². The zero-order valence-corrected chi connectivity index (χ0v) is 22.8. The average Bonchev–Trinajstić information content (AvgIpc) is 3.21. The normalized spacial score (nSPS) is 11.7. The second-order valence-corrected chi connectivity index (χ2v) is 11.9. The summed E-state index contributed by atoms with van der Waals surface area (Å²) in [6, 6.07) is 16.5. The molecule has 0 radical (unpaired) electrons. The van der Waals surface area contributed by atoms with Crippen LogP contribution in [0.25, 0.3) is 10.2 Å². The summed E-state index contributed by atoms with van der Waals surface area (Å²) in [7, 11) is -0.0679. The summed E-state index contributed by atoms with van der Waals surface area (Å²) in [6.45, 7) is 5.08. The van der Waals surface area contributed by atoms with E-state index in [1.54, 1.807) is 29.2 Å². The van der Waals surface area contributed by atoms with Gasteiger partial charge in [-0.05, 0) is 87.6 Å². The Morgan fingerprint density at radius 1 is 1.00 bits per heavy atom. The van der Waals surface area contributed by atoms with Crippen LogP contribution < -0.4 is 9.62 Å². The molecule has 0 atom stereocenters. The molecule has 0 aliphatic heterocycles. The fourth-order valence-electron chi connectivity index (χ4n) is 3.59. The van der Waals surface area contributed by atoms with Crippen LogP contribution in [0.3, 0.4) is 0 Å². The first-order valence-corrected chi connectivity index (χ1v) is 13.9. The van der Waals surface area contributed by atoms with Gasteiger partial charge in [0.25, 0.3) is 15.9 Å². The molecule has 0 saturated heterocycles. The maximum atomic E-state index is 13.9. The molecule has 1 heterocycles. The second kappa shape index (κ2) is 10.6. The van der Waals surface area contributed by atoms with E-state index >= 15 is 0 Å². The van der Waals surface area contributed by atoms with Gasteiger partial charge in [0.15, 0.2) is 5.13 Å². The van der Waals surface area contributed by atoms with Crippen molar-refractivity contribution in [1.82, 2.24) is 9.88 Å². The highest BCUT2D eigenvalue weighted by molar-refractivity contribution is 7.92. The summed E-state index contributed by atoms with van der Waals surface area (Å²) in [5.74, 6) is -0.334. The smallest absolute Gasteiger partial charge is 0.262 e. The lowest BCUT2D eigenvalue weighted by atomic mass is 10.1. The number of nitrogens with zero attached hydrogens (tertiary/aromatic N) is 3. The highest BCUT2D eigenvalue weighted by atomic mass is 35.5. The van der Waals surface area contributed by atoms with Gasteiger partial charge < -0.3 is 4.90 Å². The molecule has 4 rings (SSSR count). The Morgan fingerprint density at radius 2 is 1.67 bits per heavy atom. The number of benzene rings is 3. The number of carbonyl (C=O) groups is 1. The zero-order chi connectivity index (χ0) is 26.0. The van der Waals surface area contributed by atoms with Gasteiger partial charge in [0.2, 0.25) is 0 Å². The molecule has 1 amide bonds. The molecule has 36 heavy (non-hydrogen) atoms. The molecule has 1 N–H and O–H groups in total. The lowest BCUT2D eigenvalue weighted by Gasteiger charge is -2.23. The van der Waals surface area contributed by atoms with Crippen molar-refractivity contribution in [2.75, 3.05) is 36.8 Å². The minimum absolute atomic E-state index is 0.0514. The largest absolute Gasteiger partial charge is 0.308 e. The number of fused-ring (bicyclic) bond motifs is 1. The predicted molar refractivity (Wildman–Crippen MR) is 148 cm³/mol. The Hall–Kier alpha value is -2.98. The van der Waals surface area contributed by atoms with E-state index in [0.717, 1.165) is 21.3 Å². The number of halogens is 1. The molecule has 1 aromatic heterocycles. The molecule has 7 nitrogen and oxygen atoms in total. The number of sulfonamides is 1. The Morgan fingerprint density at radius 3 is 2.36 bits per heavy atom. The number of para-hydroxylation sites is 1. The number of hydrogen-bond donors (Lipinski definition) is 1. The predicted octanol–water partition coefficient (Wildman–Crippen LogP) is 5.58. The number of aromatic nitrogens is 1. The monoisotopic (exact) mass is 542 g/mol. The Kier molecular flexibility index (Phi) is 7.65. The van der Waals surface area contributed by atoms with Gasteiger partial charge in [-0.2, -0.15) is 0 Å². The number of aryl methyl sites for hydroxylation is 2. The molecule has 10 heteroatoms. The lowest BCUT2D eigenvalue weighted by Crippen LogP contribution is -2.37. The van der Waals surface area contributed by atoms with Crippen molar-refractivity contribution in [3.8, 4) is 0 Å². The molecule has 188 valence electrons. The first kappa shape index (κ1) is 26.1. The number of hydrogen-bond acceptors (Lipinski definition) is 6. The molecular weight excluding hydrogens is 516 g/mol. The molecule has 0 saturated carbocycles. The third kappa shape index (κ3) is 5.70. The maximum absolute atomic E-state index is 13.9. The van der Waals surface area contributed by atoms with Crippen molar-refractivity contribution >= 4 is 59.9 Å². The standard InChI is InChI=1S/C26H27ClN4O3S2/c1-17-15-23-24(16-18(17)2)35-26(28-23)31(14-13-30(3)4)25(32)21-7-5-6-8-22(21)29-36(33,34)20-11-9-19(27)10-12-20/h5-12,15-16,29H,13-14H2,1-4H3. The van der Waals surface area contributed by atoms with Crippen LogP contribution >= 0.6 is 22.9 Å². The van der Waals surface area contributed by atoms with Crippen LogP contribution in [0, 0.1) is 13.8 Å². The van der Waals surface area contributed by atoms with Gasteiger partial charge in [-0.3, -0.25) is 14.4 Å². The van der Waals surface area contributed by atoms with E-state index in [0.29, 0.717) is 23.2 Å². The third-order valence-corrected chi connectivity index (χ3v) is 8.44. The number of nitrogens with one attached hydrogen (secondary N) is 1. The Bertz CT molecular complexity index is 1480. The summed E-state index contributed by atoms with van der Waals surface area (Å²) in [6.07, 6.45) is 0. The van der Waals surface area contributed by atoms with Crippen molar-refractivity contribution < 1.29 is 13.2 Å². The van der Waals surface area contributed by atoms with E-state index in [2.05, 4.69) is 10.8 Å². The van der Waals surface area contributed by atoms with Gasteiger partial charge in [-0.15, -0.1) is 0 Å². The number of carbonyl (C=O) groups excluding carboxylic acids is 1. The van der Waals surface area contributed by atoms with Crippen molar-refractivity contribution in [2.24, 2.45) is 0 Å². The molecule has 0 bridgehead atoms. The van der Waals surface area contributed by atoms with E-state index < -0.39 is 10.0 Å². The number of thiazole rings is 1. The molecular formula is C26H27ClN4O3S2. The quantitative estimate of drug-likeness (QED) is 0.314. The third-order valence-electron chi connectivity index (χ3n) is 5.77. The van der Waals surface area contributed by atoms with Gasteiger partial charge in [0.05, 0.1) is 26.4 Å². The highest BCUT2D eigenvalue weighted by Gasteiger charge is 2.25.